The molecular weight excluding hydrogens is 490 g/mol. The van der Waals surface area contributed by atoms with Crippen molar-refractivity contribution in [3.8, 4) is 5.75 Å². The minimum Gasteiger partial charge on any atom is -0.455 e. The number of allylic oxidation sites excluding steroid dienone is 3. The van der Waals surface area contributed by atoms with Gasteiger partial charge in [0.2, 0.25) is 17.8 Å². The molecule has 36 heavy (non-hydrogen) atoms. The van der Waals surface area contributed by atoms with Crippen LogP contribution < -0.4 is 15.2 Å². The monoisotopic (exact) mass is 508 g/mol. The summed E-state index contributed by atoms with van der Waals surface area (Å²) < 4.78 is 36.3. The molecule has 182 valence electrons. The van der Waals surface area contributed by atoms with Crippen LogP contribution in [-0.2, 0) is 13.1 Å². The third-order valence-electron chi connectivity index (χ3n) is 5.40. The molecule has 4 heterocycles. The Morgan fingerprint density at radius 1 is 1.06 bits per heavy atom. The summed E-state index contributed by atoms with van der Waals surface area (Å²) in [5.74, 6) is -1.56. The summed E-state index contributed by atoms with van der Waals surface area (Å²) >= 11 is 6.05. The molecule has 4 aromatic rings. The number of imidazole rings is 1. The Morgan fingerprint density at radius 3 is 2.53 bits per heavy atom. The van der Waals surface area contributed by atoms with Gasteiger partial charge in [-0.1, -0.05) is 29.8 Å². The summed E-state index contributed by atoms with van der Waals surface area (Å²) in [7, 11) is 0. The summed E-state index contributed by atoms with van der Waals surface area (Å²) in [6.07, 6.45) is 9.85. The smallest absolute Gasteiger partial charge is 0.300 e. The number of fused-ring (bicyclic) bond motifs is 1. The Balaban J connectivity index is 1.62. The number of nitrogens with zero attached hydrogens (tertiary/aromatic N) is 6. The Morgan fingerprint density at radius 2 is 1.81 bits per heavy atom. The van der Waals surface area contributed by atoms with Gasteiger partial charge in [-0.2, -0.15) is 18.7 Å². The first-order chi connectivity index (χ1) is 17.4. The maximum absolute atomic E-state index is 13.6. The third-order valence-corrected chi connectivity index (χ3v) is 5.65. The van der Waals surface area contributed by atoms with Gasteiger partial charge in [-0.05, 0) is 36.8 Å². The van der Waals surface area contributed by atoms with E-state index >= 15 is 0 Å². The normalized spacial score (nSPS) is 13.2. The van der Waals surface area contributed by atoms with E-state index in [-0.39, 0.29) is 17.5 Å². The van der Waals surface area contributed by atoms with Crippen LogP contribution in [0.15, 0.2) is 83.9 Å². The van der Waals surface area contributed by atoms with Crippen LogP contribution >= 0.6 is 11.6 Å². The topological polar surface area (TPSA) is 78.1 Å². The minimum atomic E-state index is -1.01. The Kier molecular flexibility index (Phi) is 6.34. The predicted molar refractivity (Wildman–Crippen MR) is 132 cm³/mol. The van der Waals surface area contributed by atoms with Crippen LogP contribution in [0.3, 0.4) is 0 Å². The van der Waals surface area contributed by atoms with Gasteiger partial charge in [-0.25, -0.2) is 4.98 Å². The number of hydrogen-bond acceptors (Lipinski definition) is 6. The molecule has 0 spiro atoms. The number of benzene rings is 1. The van der Waals surface area contributed by atoms with E-state index in [1.165, 1.54) is 0 Å². The Hall–Kier alpha value is -4.31. The van der Waals surface area contributed by atoms with Crippen molar-refractivity contribution in [2.75, 3.05) is 4.90 Å². The van der Waals surface area contributed by atoms with Crippen LogP contribution in [0.2, 0.25) is 5.02 Å². The second-order valence-corrected chi connectivity index (χ2v) is 8.26. The highest BCUT2D eigenvalue weighted by molar-refractivity contribution is 6.30. The predicted octanol–water partition coefficient (Wildman–Crippen LogP) is 4.80. The molecule has 0 radical (unpaired) electrons. The molecule has 0 aliphatic carbocycles. The van der Waals surface area contributed by atoms with E-state index in [9.17, 15) is 13.6 Å². The van der Waals surface area contributed by atoms with Gasteiger partial charge in [-0.15, -0.1) is 0 Å². The van der Waals surface area contributed by atoms with Gasteiger partial charge in [0.15, 0.2) is 11.2 Å². The van der Waals surface area contributed by atoms with E-state index in [1.54, 1.807) is 58.6 Å². The number of rotatable bonds is 6. The lowest BCUT2D eigenvalue weighted by Crippen LogP contribution is -2.25. The van der Waals surface area contributed by atoms with Gasteiger partial charge in [0.05, 0.1) is 19.1 Å². The highest BCUT2D eigenvalue weighted by atomic mass is 35.5. The van der Waals surface area contributed by atoms with Crippen LogP contribution in [0.25, 0.3) is 11.2 Å². The molecule has 0 N–H and O–H groups in total. The maximum Gasteiger partial charge on any atom is 0.300 e. The lowest BCUT2D eigenvalue weighted by Gasteiger charge is -2.21. The largest absolute Gasteiger partial charge is 0.455 e. The van der Waals surface area contributed by atoms with Crippen LogP contribution in [0.5, 0.6) is 5.75 Å². The Labute approximate surface area is 209 Å². The molecular formula is C25H19ClF2N6O2. The fraction of sp³-hybridized carbons (Fsp3) is 0.120. The molecule has 0 atom stereocenters. The van der Waals surface area contributed by atoms with E-state index in [1.807, 2.05) is 23.6 Å². The third kappa shape index (κ3) is 4.76. The van der Waals surface area contributed by atoms with Crippen molar-refractivity contribution in [1.82, 2.24) is 24.1 Å². The number of aromatic nitrogens is 5. The molecule has 0 unspecified atom stereocenters. The number of halogens is 3. The van der Waals surface area contributed by atoms with Crippen molar-refractivity contribution in [3.05, 3.63) is 112 Å². The molecule has 8 nitrogen and oxygen atoms in total. The van der Waals surface area contributed by atoms with E-state index in [4.69, 9.17) is 16.3 Å². The zero-order valence-corrected chi connectivity index (χ0v) is 19.7. The maximum atomic E-state index is 13.6. The standard InChI is InChI=1S/C25H19ClF2N6O2/c1-2-32-15-29-23-22(32)24(35)31-25(34(23)13-16-6-8-17(26)9-7-16)33-10-4-3-5-18(14-33)36-19-11-20(27)30-21(28)12-19/h3-12,14-15H,2,13H2,1H3. The van der Waals surface area contributed by atoms with Crippen molar-refractivity contribution < 1.29 is 13.5 Å². The second-order valence-electron chi connectivity index (χ2n) is 7.82. The van der Waals surface area contributed by atoms with Crippen molar-refractivity contribution >= 4 is 28.7 Å². The highest BCUT2D eigenvalue weighted by Crippen LogP contribution is 2.24. The van der Waals surface area contributed by atoms with E-state index < -0.39 is 17.5 Å². The summed E-state index contributed by atoms with van der Waals surface area (Å²) in [5, 5.41) is 0.604. The molecule has 5 rings (SSSR count). The van der Waals surface area contributed by atoms with Crippen molar-refractivity contribution in [1.29, 1.82) is 0 Å². The summed E-state index contributed by atoms with van der Waals surface area (Å²) in [6.45, 7) is 2.82. The number of aryl methyl sites for hydroxylation is 1. The van der Waals surface area contributed by atoms with Crippen LogP contribution in [-0.4, -0.2) is 24.1 Å². The van der Waals surface area contributed by atoms with E-state index in [0.717, 1.165) is 17.7 Å². The van der Waals surface area contributed by atoms with Crippen molar-refractivity contribution in [2.45, 2.75) is 20.0 Å². The molecule has 11 heteroatoms. The van der Waals surface area contributed by atoms with Gasteiger partial charge in [-0.3, -0.25) is 14.3 Å². The zero-order valence-electron chi connectivity index (χ0n) is 19.0. The first-order valence-corrected chi connectivity index (χ1v) is 11.3. The van der Waals surface area contributed by atoms with Crippen LogP contribution in [0.4, 0.5) is 14.7 Å². The fourth-order valence-corrected chi connectivity index (χ4v) is 3.91. The molecule has 0 amide bonds. The average molecular weight is 509 g/mol. The summed E-state index contributed by atoms with van der Waals surface area (Å²) in [6, 6.07) is 9.26. The lowest BCUT2D eigenvalue weighted by atomic mass is 10.2. The Bertz CT molecular complexity index is 1570. The van der Waals surface area contributed by atoms with Gasteiger partial charge >= 0.3 is 5.56 Å². The molecule has 3 aromatic heterocycles. The summed E-state index contributed by atoms with van der Waals surface area (Å²) in [4.78, 5) is 26.6. The molecule has 0 saturated carbocycles. The quantitative estimate of drug-likeness (QED) is 0.348. The first-order valence-electron chi connectivity index (χ1n) is 11.0. The molecule has 1 aromatic carbocycles. The fourth-order valence-electron chi connectivity index (χ4n) is 3.78. The molecule has 0 bridgehead atoms. The molecule has 1 aliphatic rings. The summed E-state index contributed by atoms with van der Waals surface area (Å²) in [5.41, 5.74) is 1.32. The van der Waals surface area contributed by atoms with Crippen LogP contribution in [0.1, 0.15) is 12.5 Å². The molecule has 1 aliphatic heterocycles. The minimum absolute atomic E-state index is 0.0681. The zero-order chi connectivity index (χ0) is 25.2. The SMILES string of the molecule is CCn1cnc2c1c(=O)nc(N1C=CC=CC(Oc3cc(F)nc(F)c3)=C1)n2Cc1ccc(Cl)cc1. The second kappa shape index (κ2) is 9.74. The number of hydrogen-bond donors (Lipinski definition) is 0. The van der Waals surface area contributed by atoms with Crippen molar-refractivity contribution in [2.24, 2.45) is 0 Å². The van der Waals surface area contributed by atoms with Gasteiger partial charge in [0.25, 0.3) is 0 Å². The van der Waals surface area contributed by atoms with E-state index in [0.29, 0.717) is 29.3 Å². The molecule has 0 fully saturated rings. The number of pyridine rings is 1. The van der Waals surface area contributed by atoms with Crippen LogP contribution in [0, 0.1) is 11.9 Å². The molecule has 0 saturated heterocycles. The van der Waals surface area contributed by atoms with Crippen molar-refractivity contribution in [3.63, 3.8) is 0 Å². The van der Waals surface area contributed by atoms with Gasteiger partial charge in [0.1, 0.15) is 11.5 Å². The van der Waals surface area contributed by atoms with Gasteiger partial charge in [0, 0.05) is 29.9 Å². The first kappa shape index (κ1) is 23.4. The number of anilines is 1. The lowest BCUT2D eigenvalue weighted by molar-refractivity contribution is 0.423. The number of ether oxygens (including phenoxy) is 1. The highest BCUT2D eigenvalue weighted by Gasteiger charge is 2.20. The average Bonchev–Trinajstić information content (AvgIpc) is 3.15. The van der Waals surface area contributed by atoms with E-state index in [2.05, 4.69) is 15.0 Å². The van der Waals surface area contributed by atoms with Gasteiger partial charge < -0.3 is 9.30 Å².